The molecule has 2 aromatic heterocycles. The summed E-state index contributed by atoms with van der Waals surface area (Å²) in [6.45, 7) is 9.59. The van der Waals surface area contributed by atoms with Crippen molar-refractivity contribution in [2.45, 2.75) is 59.2 Å². The van der Waals surface area contributed by atoms with E-state index in [9.17, 15) is 9.59 Å². The quantitative estimate of drug-likeness (QED) is 0.297. The minimum atomic E-state index is -0.704. The van der Waals surface area contributed by atoms with E-state index in [0.717, 1.165) is 65.0 Å². The van der Waals surface area contributed by atoms with Gasteiger partial charge in [0.1, 0.15) is 5.75 Å². The summed E-state index contributed by atoms with van der Waals surface area (Å²) < 4.78 is 21.5. The van der Waals surface area contributed by atoms with E-state index >= 15 is 0 Å². The summed E-state index contributed by atoms with van der Waals surface area (Å²) in [6.07, 6.45) is 4.32. The van der Waals surface area contributed by atoms with Gasteiger partial charge in [0.15, 0.2) is 4.80 Å². The summed E-state index contributed by atoms with van der Waals surface area (Å²) in [4.78, 5) is 32.9. The number of carbonyl (C=O) groups is 1. The van der Waals surface area contributed by atoms with Crippen LogP contribution in [0.15, 0.2) is 63.5 Å². The average Bonchev–Trinajstić information content (AvgIpc) is 3.67. The number of ether oxygens (including phenoxy) is 3. The third-order valence-corrected chi connectivity index (χ3v) is 9.24. The minimum absolute atomic E-state index is 0.193. The number of hydrogen-bond donors (Lipinski definition) is 0. The molecule has 2 aliphatic heterocycles. The molecular formula is C33H35N3O5S. The number of aromatic nitrogens is 2. The highest BCUT2D eigenvalue weighted by Crippen LogP contribution is 2.38. The number of aryl methyl sites for hydroxylation is 1. The smallest absolute Gasteiger partial charge is 0.338 e. The summed E-state index contributed by atoms with van der Waals surface area (Å²) in [5.74, 6) is 0.245. The van der Waals surface area contributed by atoms with Crippen molar-refractivity contribution in [3.63, 3.8) is 0 Å². The van der Waals surface area contributed by atoms with E-state index in [1.165, 1.54) is 11.3 Å². The van der Waals surface area contributed by atoms with Crippen molar-refractivity contribution in [3.8, 4) is 5.75 Å². The third-order valence-electron chi connectivity index (χ3n) is 8.26. The van der Waals surface area contributed by atoms with Gasteiger partial charge in [0.05, 0.1) is 41.7 Å². The van der Waals surface area contributed by atoms with Crippen LogP contribution in [0.4, 0.5) is 0 Å². The number of carbonyl (C=O) groups excluding carboxylic acids is 1. The molecule has 2 aliphatic rings. The lowest BCUT2D eigenvalue weighted by molar-refractivity contribution is -0.139. The molecule has 42 heavy (non-hydrogen) atoms. The van der Waals surface area contributed by atoms with Crippen molar-refractivity contribution in [3.05, 3.63) is 95.9 Å². The molecule has 6 rings (SSSR count). The van der Waals surface area contributed by atoms with Crippen molar-refractivity contribution in [1.82, 2.24) is 9.13 Å². The van der Waals surface area contributed by atoms with Crippen molar-refractivity contribution in [2.75, 3.05) is 20.3 Å². The maximum absolute atomic E-state index is 14.2. The number of methoxy groups -OCH3 is 1. The molecule has 218 valence electrons. The fraction of sp³-hybridized carbons (Fsp3) is 0.364. The fourth-order valence-corrected chi connectivity index (χ4v) is 7.22. The molecule has 0 radical (unpaired) electrons. The molecule has 4 heterocycles. The summed E-state index contributed by atoms with van der Waals surface area (Å²) >= 11 is 1.34. The van der Waals surface area contributed by atoms with Crippen LogP contribution in [0, 0.1) is 13.8 Å². The molecule has 1 saturated heterocycles. The molecule has 2 aromatic carbocycles. The fourth-order valence-electron chi connectivity index (χ4n) is 6.18. The molecule has 0 unspecified atom stereocenters. The van der Waals surface area contributed by atoms with Crippen LogP contribution in [0.3, 0.4) is 0 Å². The zero-order valence-electron chi connectivity index (χ0n) is 24.6. The number of rotatable bonds is 7. The monoisotopic (exact) mass is 585 g/mol. The molecule has 0 N–H and O–H groups in total. The number of allylic oxidation sites excluding steroid dienone is 1. The van der Waals surface area contributed by atoms with Gasteiger partial charge >= 0.3 is 5.97 Å². The highest BCUT2D eigenvalue weighted by Gasteiger charge is 2.34. The summed E-state index contributed by atoms with van der Waals surface area (Å²) in [5, 5.41) is 1.79. The van der Waals surface area contributed by atoms with E-state index in [0.29, 0.717) is 20.6 Å². The van der Waals surface area contributed by atoms with E-state index in [2.05, 4.69) is 24.5 Å². The van der Waals surface area contributed by atoms with Crippen LogP contribution in [0.1, 0.15) is 55.2 Å². The largest absolute Gasteiger partial charge is 0.496 e. The molecule has 4 aromatic rings. The zero-order chi connectivity index (χ0) is 29.5. The number of fused-ring (bicyclic) bond motifs is 2. The summed E-state index contributed by atoms with van der Waals surface area (Å²) in [6, 6.07) is 13.1. The van der Waals surface area contributed by atoms with Crippen molar-refractivity contribution in [2.24, 2.45) is 4.99 Å². The molecule has 0 saturated carbocycles. The SMILES string of the molecule is CCOC(=O)C1=C(C)N=c2sc(=Cc3cc(C)n(C[C@H]4CCCO4)c3C)c(=O)n2[C@H]1c1ccc(OC)c2ccccc12. The van der Waals surface area contributed by atoms with Gasteiger partial charge in [0.2, 0.25) is 0 Å². The lowest BCUT2D eigenvalue weighted by Gasteiger charge is -2.26. The average molecular weight is 586 g/mol. The van der Waals surface area contributed by atoms with Crippen molar-refractivity contribution in [1.29, 1.82) is 0 Å². The van der Waals surface area contributed by atoms with Crippen molar-refractivity contribution < 1.29 is 19.0 Å². The predicted molar refractivity (Wildman–Crippen MR) is 164 cm³/mol. The van der Waals surface area contributed by atoms with Gasteiger partial charge in [0.25, 0.3) is 5.56 Å². The van der Waals surface area contributed by atoms with Crippen LogP contribution in [0.5, 0.6) is 5.75 Å². The van der Waals surface area contributed by atoms with E-state index in [-0.39, 0.29) is 18.3 Å². The predicted octanol–water partition coefficient (Wildman–Crippen LogP) is 4.56. The second kappa shape index (κ2) is 11.4. The van der Waals surface area contributed by atoms with Crippen LogP contribution in [-0.4, -0.2) is 41.5 Å². The van der Waals surface area contributed by atoms with Gasteiger partial charge in [-0.2, -0.15) is 0 Å². The molecular weight excluding hydrogens is 550 g/mol. The van der Waals surface area contributed by atoms with Crippen molar-refractivity contribution >= 4 is 34.2 Å². The van der Waals surface area contributed by atoms with Crippen LogP contribution < -0.4 is 19.6 Å². The first-order valence-electron chi connectivity index (χ1n) is 14.4. The van der Waals surface area contributed by atoms with Gasteiger partial charge < -0.3 is 18.8 Å². The Balaban J connectivity index is 1.54. The molecule has 8 nitrogen and oxygen atoms in total. The first kappa shape index (κ1) is 28.2. The van der Waals surface area contributed by atoms with E-state index in [1.54, 1.807) is 25.5 Å². The molecule has 2 atom stereocenters. The number of benzene rings is 2. The van der Waals surface area contributed by atoms with Gasteiger partial charge in [-0.3, -0.25) is 9.36 Å². The van der Waals surface area contributed by atoms with E-state index in [4.69, 9.17) is 19.2 Å². The zero-order valence-corrected chi connectivity index (χ0v) is 25.4. The highest BCUT2D eigenvalue weighted by atomic mass is 32.1. The first-order chi connectivity index (χ1) is 20.3. The second-order valence-corrected chi connectivity index (χ2v) is 11.8. The topological polar surface area (TPSA) is 84.0 Å². The van der Waals surface area contributed by atoms with Gasteiger partial charge in [-0.1, -0.05) is 41.7 Å². The Morgan fingerprint density at radius 2 is 1.95 bits per heavy atom. The molecule has 0 bridgehead atoms. The maximum atomic E-state index is 14.2. The van der Waals surface area contributed by atoms with Gasteiger partial charge in [-0.15, -0.1) is 0 Å². The van der Waals surface area contributed by atoms with E-state index in [1.807, 2.05) is 42.5 Å². The van der Waals surface area contributed by atoms with Gasteiger partial charge in [-0.05, 0) is 75.3 Å². The molecule has 1 fully saturated rings. The van der Waals surface area contributed by atoms with Crippen LogP contribution in [0.25, 0.3) is 16.8 Å². The second-order valence-electron chi connectivity index (χ2n) is 10.8. The lowest BCUT2D eigenvalue weighted by atomic mass is 9.91. The van der Waals surface area contributed by atoms with Crippen LogP contribution >= 0.6 is 11.3 Å². The molecule has 0 aliphatic carbocycles. The Bertz CT molecular complexity index is 1910. The molecule has 0 amide bonds. The standard InChI is InChI=1S/C33H35N3O5S/c1-6-40-32(38)29-20(3)34-33-36(30(29)26-13-14-27(39-5)25-12-8-7-11-24(25)26)31(37)28(42-33)17-22-16-19(2)35(21(22)4)18-23-10-9-15-41-23/h7-8,11-14,16-17,23,30H,6,9-10,15,18H2,1-5H3/t23-,30+/m1/s1. The Morgan fingerprint density at radius 1 is 1.17 bits per heavy atom. The summed E-state index contributed by atoms with van der Waals surface area (Å²) in [7, 11) is 1.64. The maximum Gasteiger partial charge on any atom is 0.338 e. The minimum Gasteiger partial charge on any atom is -0.496 e. The normalized spacial score (nSPS) is 18.8. The van der Waals surface area contributed by atoms with Gasteiger partial charge in [-0.25, -0.2) is 9.79 Å². The van der Waals surface area contributed by atoms with E-state index < -0.39 is 12.0 Å². The Kier molecular flexibility index (Phi) is 7.64. The third kappa shape index (κ3) is 4.80. The van der Waals surface area contributed by atoms with Crippen LogP contribution in [0.2, 0.25) is 0 Å². The number of hydrogen-bond acceptors (Lipinski definition) is 7. The Morgan fingerprint density at radius 3 is 2.67 bits per heavy atom. The Hall–Kier alpha value is -3.95. The number of nitrogens with zero attached hydrogens (tertiary/aromatic N) is 3. The molecule has 9 heteroatoms. The highest BCUT2D eigenvalue weighted by molar-refractivity contribution is 7.07. The van der Waals surface area contributed by atoms with Crippen LogP contribution in [-0.2, 0) is 20.8 Å². The first-order valence-corrected chi connectivity index (χ1v) is 15.2. The molecule has 0 spiro atoms. The lowest BCUT2D eigenvalue weighted by Crippen LogP contribution is -2.40. The van der Waals surface area contributed by atoms with Gasteiger partial charge in [0, 0.05) is 29.9 Å². The number of thiazole rings is 1. The Labute approximate surface area is 248 Å². The number of esters is 1. The summed E-state index contributed by atoms with van der Waals surface area (Å²) in [5.41, 5.74) is 4.73.